The van der Waals surface area contributed by atoms with E-state index < -0.39 is 29.5 Å². The van der Waals surface area contributed by atoms with Crippen molar-refractivity contribution in [2.45, 2.75) is 121 Å². The zero-order valence-electron chi connectivity index (χ0n) is 50.7. The third kappa shape index (κ3) is 13.5. The maximum absolute atomic E-state index is 16.3. The zero-order valence-corrected chi connectivity index (χ0v) is 50.7. The number of unbranched alkanes of at least 4 members (excludes halogenated alkanes) is 2. The van der Waals surface area contributed by atoms with Gasteiger partial charge < -0.3 is 51.3 Å². The number of halogens is 1. The Kier molecular flexibility index (Phi) is 18.5. The number of nitrogens with one attached hydrogen (secondary N) is 4. The molecule has 12 rings (SSSR count). The van der Waals surface area contributed by atoms with Gasteiger partial charge in [-0.1, -0.05) is 35.5 Å². The van der Waals surface area contributed by atoms with E-state index in [1.54, 1.807) is 52.7 Å². The third-order valence-electron chi connectivity index (χ3n) is 18.0. The maximum Gasteiger partial charge on any atom is 0.340 e. The van der Waals surface area contributed by atoms with Crippen LogP contribution in [-0.4, -0.2) is 183 Å². The molecule has 4 saturated heterocycles. The number of piperidine rings is 3. The summed E-state index contributed by atoms with van der Waals surface area (Å²) in [6, 6.07) is 16.6. The van der Waals surface area contributed by atoms with Crippen LogP contribution in [0, 0.1) is 5.82 Å². The molecule has 0 spiro atoms. The average molecular weight is 1220 g/mol. The topological polar surface area (TPSA) is 294 Å². The quantitative estimate of drug-likeness (QED) is 0.0337. The fourth-order valence-corrected chi connectivity index (χ4v) is 13.3. The second-order valence-corrected chi connectivity index (χ2v) is 24.3. The van der Waals surface area contributed by atoms with Crippen molar-refractivity contribution in [2.75, 3.05) is 89.3 Å². The van der Waals surface area contributed by atoms with Crippen LogP contribution >= 0.6 is 0 Å². The molecule has 3 aromatic carbocycles. The minimum atomic E-state index is -0.695. The number of nitrogens with zero attached hydrogens (tertiary/aromatic N) is 11. The minimum absolute atomic E-state index is 0.0346. The first-order valence-electron chi connectivity index (χ1n) is 31.1. The van der Waals surface area contributed by atoms with E-state index in [9.17, 15) is 38.4 Å². The van der Waals surface area contributed by atoms with Crippen molar-refractivity contribution in [2.24, 2.45) is 5.73 Å². The lowest BCUT2D eigenvalue weighted by Crippen LogP contribution is -2.65. The van der Waals surface area contributed by atoms with Gasteiger partial charge in [-0.05, 0) is 99.7 Å². The van der Waals surface area contributed by atoms with Crippen LogP contribution in [0.15, 0.2) is 67.0 Å². The van der Waals surface area contributed by atoms with E-state index in [1.807, 2.05) is 41.1 Å². The van der Waals surface area contributed by atoms with Gasteiger partial charge in [-0.25, -0.2) is 23.9 Å². The molecule has 4 bridgehead atoms. The Morgan fingerprint density at radius 3 is 2.30 bits per heavy atom. The Labute approximate surface area is 514 Å². The first kappa shape index (κ1) is 61.6. The second-order valence-electron chi connectivity index (χ2n) is 24.3. The number of rotatable bonds is 22. The van der Waals surface area contributed by atoms with Crippen molar-refractivity contribution in [1.82, 2.24) is 64.9 Å². The van der Waals surface area contributed by atoms with Crippen molar-refractivity contribution in [3.63, 3.8) is 0 Å². The van der Waals surface area contributed by atoms with Crippen LogP contribution in [-0.2, 0) is 40.0 Å². The molecule has 8 amide bonds. The van der Waals surface area contributed by atoms with Gasteiger partial charge in [-0.3, -0.25) is 33.4 Å². The predicted octanol–water partition coefficient (Wildman–Crippen LogP) is 5.06. The first-order chi connectivity index (χ1) is 42.9. The van der Waals surface area contributed by atoms with Crippen LogP contribution in [0.25, 0.3) is 32.9 Å². The maximum atomic E-state index is 16.3. The minimum Gasteiger partial charge on any atom is -0.462 e. The molecule has 9 heterocycles. The average Bonchev–Trinajstić information content (AvgIpc) is 1.61. The van der Waals surface area contributed by atoms with Crippen molar-refractivity contribution >= 4 is 86.6 Å². The van der Waals surface area contributed by atoms with Gasteiger partial charge in [-0.15, -0.1) is 9.69 Å². The largest absolute Gasteiger partial charge is 0.462 e. The van der Waals surface area contributed by atoms with Crippen LogP contribution < -0.4 is 36.5 Å². The number of hydrogen-bond donors (Lipinski definition) is 5. The summed E-state index contributed by atoms with van der Waals surface area (Å²) < 4.78 is 22.7. The first-order valence-corrected chi connectivity index (χ1v) is 31.1. The molecular weight excluding hydrogens is 1140 g/mol. The van der Waals surface area contributed by atoms with E-state index in [4.69, 9.17) is 25.7 Å². The molecule has 1 atom stereocenters. The van der Waals surface area contributed by atoms with Crippen molar-refractivity contribution in [3.8, 4) is 11.1 Å². The molecule has 6 aliphatic rings. The smallest absolute Gasteiger partial charge is 0.340 e. The van der Waals surface area contributed by atoms with E-state index in [-0.39, 0.29) is 102 Å². The number of urea groups is 1. The highest BCUT2D eigenvalue weighted by molar-refractivity contribution is 6.01. The fraction of sp³-hybridized carbons (Fsp3) is 0.492. The van der Waals surface area contributed by atoms with Crippen molar-refractivity contribution < 1.29 is 47.5 Å². The Bertz CT molecular complexity index is 3680. The molecule has 0 unspecified atom stereocenters. The summed E-state index contributed by atoms with van der Waals surface area (Å²) in [7, 11) is 1.82. The van der Waals surface area contributed by atoms with Gasteiger partial charge in [0, 0.05) is 106 Å². The number of likely N-dealkylation sites (N-methyl/N-ethyl adjacent to an activating group) is 1. The van der Waals surface area contributed by atoms with Gasteiger partial charge in [0.05, 0.1) is 48.7 Å². The SMILES string of the molecule is CC(C)OC(=O)CNC(=O)CNC(=O)Cn1nc2c3c(cccc31)-c1cc3c(cnn3[N+]3(C(=O)CCC(=O)NCCCCCC(=O)N4CCC(c5ccc(Nc6nc(N7CCC[C@@H](N8CCN(C)C8=O)C7)cnc6C(N)=O)cc5)CC4)CCC2CC3)cc1F. The zero-order chi connectivity index (χ0) is 62.5. The van der Waals surface area contributed by atoms with Gasteiger partial charge in [0.25, 0.3) is 5.91 Å². The molecule has 6 aliphatic heterocycles. The molecule has 25 nitrogen and oxygen atoms in total. The van der Waals surface area contributed by atoms with Crippen molar-refractivity contribution in [3.05, 3.63) is 89.8 Å². The number of primary amides is 1. The summed E-state index contributed by atoms with van der Waals surface area (Å²) in [6.45, 7) is 7.57. The molecular formula is C63H78FN16O9+. The summed E-state index contributed by atoms with van der Waals surface area (Å²) in [5.41, 5.74) is 10.3. The number of carbonyl (C=O) groups is 8. The molecule has 4 fully saturated rings. The number of fused-ring (bicyclic) bond motifs is 2. The number of nitrogens with two attached hydrogens (primary N) is 1. The van der Waals surface area contributed by atoms with Crippen LogP contribution in [0.1, 0.15) is 124 Å². The number of benzene rings is 3. The normalized spacial score (nSPS) is 19.2. The standard InChI is InChI=1S/C63H77FN16O9/c1-39(2)89-57(86)36-68-53(82)35-67-54(83)38-78-49-11-7-10-46-47-32-50-43(31-48(47)64)33-70-79(50)80(29-21-42(22-30-80)59(73-78)58(46)49)56(85)18-17-52(81)66-23-6-4-5-12-55(84)75-25-19-41(20-26-75)40-13-15-44(16-14-40)71-62-60(61(65)87)69-34-51(72-62)76-24-8-9-45(37-76)77-28-27-74(3)63(77)88/h7,10-11,13-16,31-34,39,41-42,45H,4-6,8-9,12,17-30,35-38H2,1-3H3,(H5-,65,66,67,68,71,72,81,82,83,87)/p+1/t42?,45-,80?/m1/s1. The van der Waals surface area contributed by atoms with Gasteiger partial charge in [0.15, 0.2) is 11.5 Å². The molecule has 6 aromatic rings. The molecule has 6 N–H and O–H groups in total. The van der Waals surface area contributed by atoms with Gasteiger partial charge in [0.2, 0.25) is 23.6 Å². The van der Waals surface area contributed by atoms with Crippen molar-refractivity contribution in [1.29, 1.82) is 0 Å². The number of anilines is 3. The van der Waals surface area contributed by atoms with Gasteiger partial charge >= 0.3 is 17.9 Å². The van der Waals surface area contributed by atoms with E-state index in [0.29, 0.717) is 123 Å². The Morgan fingerprint density at radius 2 is 1.56 bits per heavy atom. The predicted molar refractivity (Wildman–Crippen MR) is 329 cm³/mol. The van der Waals surface area contributed by atoms with Gasteiger partial charge in [0.1, 0.15) is 43.3 Å². The van der Waals surface area contributed by atoms with E-state index >= 15 is 4.39 Å². The van der Waals surface area contributed by atoms with Crippen LogP contribution in [0.2, 0.25) is 0 Å². The summed E-state index contributed by atoms with van der Waals surface area (Å²) in [4.78, 5) is 123. The molecule has 0 saturated carbocycles. The number of ether oxygens (including phenoxy) is 1. The summed E-state index contributed by atoms with van der Waals surface area (Å²) in [5, 5.41) is 22.1. The Hall–Kier alpha value is -9.07. The monoisotopic (exact) mass is 1220 g/mol. The molecule has 470 valence electrons. The third-order valence-corrected chi connectivity index (χ3v) is 18.0. The number of carbonyl (C=O) groups excluding carboxylic acids is 8. The molecule has 26 heteroatoms. The van der Waals surface area contributed by atoms with E-state index in [0.717, 1.165) is 49.9 Å². The van der Waals surface area contributed by atoms with Gasteiger partial charge in [-0.2, -0.15) is 5.10 Å². The summed E-state index contributed by atoms with van der Waals surface area (Å²) in [5.74, 6) is -2.23. The summed E-state index contributed by atoms with van der Waals surface area (Å²) in [6.07, 6.45) is 9.65. The highest BCUT2D eigenvalue weighted by Crippen LogP contribution is 2.43. The number of quaternary nitrogens is 1. The Morgan fingerprint density at radius 1 is 0.787 bits per heavy atom. The molecule has 3 aromatic heterocycles. The Balaban J connectivity index is 0.627. The van der Waals surface area contributed by atoms with Crippen LogP contribution in [0.4, 0.5) is 26.5 Å². The summed E-state index contributed by atoms with van der Waals surface area (Å²) >= 11 is 0. The lowest BCUT2D eigenvalue weighted by Gasteiger charge is -2.39. The number of hydrogen-bond acceptors (Lipinski definition) is 15. The van der Waals surface area contributed by atoms with E-state index in [2.05, 4.69) is 43.3 Å². The number of likely N-dealkylation sites (tertiary alicyclic amines) is 1. The fourth-order valence-electron chi connectivity index (χ4n) is 13.3. The molecule has 0 radical (unpaired) electrons. The molecule has 89 heavy (non-hydrogen) atoms. The lowest BCUT2D eigenvalue weighted by atomic mass is 9.88. The number of amides is 8. The highest BCUT2D eigenvalue weighted by atomic mass is 19.1. The van der Waals surface area contributed by atoms with Crippen LogP contribution in [0.3, 0.4) is 0 Å². The number of esters is 1. The number of aromatic nitrogens is 6. The van der Waals surface area contributed by atoms with E-state index in [1.165, 1.54) is 6.07 Å². The van der Waals surface area contributed by atoms with Crippen LogP contribution in [0.5, 0.6) is 0 Å². The highest BCUT2D eigenvalue weighted by Gasteiger charge is 2.47. The lowest BCUT2D eigenvalue weighted by molar-refractivity contribution is -0.147. The second kappa shape index (κ2) is 26.7. The molecule has 0 aliphatic carbocycles.